The average Bonchev–Trinajstić information content (AvgIpc) is 3.47. The van der Waals surface area contributed by atoms with Crippen molar-refractivity contribution in [3.05, 3.63) is 35.7 Å². The van der Waals surface area contributed by atoms with Gasteiger partial charge in [0.2, 0.25) is 11.7 Å². The Bertz CT molecular complexity index is 995. The van der Waals surface area contributed by atoms with E-state index in [4.69, 9.17) is 4.74 Å². The normalized spacial score (nSPS) is 21.9. The molecule has 2 aromatic rings. The van der Waals surface area contributed by atoms with Crippen LogP contribution in [0.5, 0.6) is 0 Å². The molecule has 12 heteroatoms. The molecule has 0 radical (unpaired) electrons. The van der Waals surface area contributed by atoms with Crippen molar-refractivity contribution in [2.24, 2.45) is 0 Å². The lowest BCUT2D eigenvalue weighted by molar-refractivity contribution is -0.159. The van der Waals surface area contributed by atoms with E-state index >= 15 is 0 Å². The predicted molar refractivity (Wildman–Crippen MR) is 109 cm³/mol. The molecule has 2 amide bonds. The zero-order valence-electron chi connectivity index (χ0n) is 18.0. The minimum Gasteiger partial charge on any atom is -0.377 e. The highest BCUT2D eigenvalue weighted by Crippen LogP contribution is 2.29. The van der Waals surface area contributed by atoms with Gasteiger partial charge in [-0.05, 0) is 38.6 Å². The Hall–Kier alpha value is -2.99. The van der Waals surface area contributed by atoms with E-state index in [0.29, 0.717) is 25.3 Å². The Balaban J connectivity index is 1.36. The maximum atomic E-state index is 13.0. The van der Waals surface area contributed by atoms with Crippen LogP contribution < -0.4 is 5.32 Å². The van der Waals surface area contributed by atoms with Crippen LogP contribution in [0.3, 0.4) is 0 Å². The van der Waals surface area contributed by atoms with E-state index in [2.05, 4.69) is 24.9 Å². The fourth-order valence-electron chi connectivity index (χ4n) is 4.07. The lowest BCUT2D eigenvalue weighted by Crippen LogP contribution is -2.57. The van der Waals surface area contributed by atoms with E-state index in [1.165, 1.54) is 24.3 Å². The summed E-state index contributed by atoms with van der Waals surface area (Å²) in [4.78, 5) is 32.8. The zero-order chi connectivity index (χ0) is 23.6. The number of aromatic nitrogens is 2. The first-order valence-corrected chi connectivity index (χ1v) is 10.6. The smallest absolute Gasteiger partial charge is 0.377 e. The highest BCUT2D eigenvalue weighted by molar-refractivity contribution is 5.94. The topological polar surface area (TPSA) is 101 Å². The number of ether oxygens (including phenoxy) is 1. The molecule has 0 bridgehead atoms. The number of nitrogens with one attached hydrogen (secondary N) is 1. The molecular formula is C21H24F3N5O4. The molecule has 1 N–H and O–H groups in total. The van der Waals surface area contributed by atoms with Crippen molar-refractivity contribution in [3.8, 4) is 11.4 Å². The van der Waals surface area contributed by atoms with Gasteiger partial charge in [0.1, 0.15) is 0 Å². The zero-order valence-corrected chi connectivity index (χ0v) is 18.0. The number of benzene rings is 1. The van der Waals surface area contributed by atoms with Crippen molar-refractivity contribution in [2.75, 3.05) is 39.9 Å². The van der Waals surface area contributed by atoms with E-state index in [1.807, 2.05) is 7.05 Å². The highest BCUT2D eigenvalue weighted by Gasteiger charge is 2.39. The molecule has 1 aromatic carbocycles. The Morgan fingerprint density at radius 2 is 1.97 bits per heavy atom. The van der Waals surface area contributed by atoms with E-state index in [-0.39, 0.29) is 41.8 Å². The Labute approximate surface area is 187 Å². The van der Waals surface area contributed by atoms with Crippen LogP contribution in [0.2, 0.25) is 0 Å². The number of likely N-dealkylation sites (N-methyl/N-ethyl adjacent to an activating group) is 1. The molecular weight excluding hydrogens is 443 g/mol. The van der Waals surface area contributed by atoms with Gasteiger partial charge in [-0.3, -0.25) is 14.5 Å². The number of hydrogen-bond acceptors (Lipinski definition) is 7. The number of alkyl halides is 3. The minimum absolute atomic E-state index is 0.0558. The predicted octanol–water partition coefficient (Wildman–Crippen LogP) is 1.81. The molecule has 2 fully saturated rings. The van der Waals surface area contributed by atoms with Crippen LogP contribution in [-0.4, -0.2) is 83.7 Å². The molecule has 1 aromatic heterocycles. The third kappa shape index (κ3) is 5.17. The minimum atomic E-state index is -4.73. The monoisotopic (exact) mass is 467 g/mol. The van der Waals surface area contributed by atoms with Gasteiger partial charge in [0.05, 0.1) is 25.3 Å². The number of amides is 2. The van der Waals surface area contributed by atoms with E-state index < -0.39 is 12.1 Å². The molecule has 0 aliphatic carbocycles. The summed E-state index contributed by atoms with van der Waals surface area (Å²) in [5.41, 5.74) is 0.590. The number of carbonyl (C=O) groups excluding carboxylic acids is 2. The van der Waals surface area contributed by atoms with Crippen LogP contribution in [0.25, 0.3) is 11.4 Å². The SMILES string of the molecule is CN1CCCC1C(=O)N1CCOC[C@@H]1CNC(=O)c1ccc(-c2noc(C(F)(F)F)n2)cc1. The second kappa shape index (κ2) is 9.48. The Kier molecular flexibility index (Phi) is 6.66. The molecule has 9 nitrogen and oxygen atoms in total. The number of likely N-dealkylation sites (tertiary alicyclic amines) is 1. The first kappa shape index (κ1) is 23.2. The average molecular weight is 467 g/mol. The molecule has 1 unspecified atom stereocenters. The number of rotatable bonds is 5. The second-order valence-electron chi connectivity index (χ2n) is 8.11. The Morgan fingerprint density at radius 3 is 2.61 bits per heavy atom. The van der Waals surface area contributed by atoms with Crippen molar-refractivity contribution in [3.63, 3.8) is 0 Å². The summed E-state index contributed by atoms with van der Waals surface area (Å²) in [6, 6.07) is 5.38. The van der Waals surface area contributed by atoms with Gasteiger partial charge in [-0.1, -0.05) is 17.3 Å². The van der Waals surface area contributed by atoms with Gasteiger partial charge < -0.3 is 19.5 Å². The molecule has 178 valence electrons. The van der Waals surface area contributed by atoms with Crippen LogP contribution in [0.4, 0.5) is 13.2 Å². The van der Waals surface area contributed by atoms with Crippen LogP contribution in [0.1, 0.15) is 29.1 Å². The summed E-state index contributed by atoms with van der Waals surface area (Å²) in [5, 5.41) is 6.14. The molecule has 3 heterocycles. The third-order valence-corrected chi connectivity index (χ3v) is 5.89. The van der Waals surface area contributed by atoms with Gasteiger partial charge in [-0.25, -0.2) is 0 Å². The highest BCUT2D eigenvalue weighted by atomic mass is 19.4. The third-order valence-electron chi connectivity index (χ3n) is 5.89. The van der Waals surface area contributed by atoms with Crippen molar-refractivity contribution in [1.82, 2.24) is 25.3 Å². The second-order valence-corrected chi connectivity index (χ2v) is 8.11. The van der Waals surface area contributed by atoms with Gasteiger partial charge in [0, 0.05) is 24.2 Å². The first-order valence-electron chi connectivity index (χ1n) is 10.6. The summed E-state index contributed by atoms with van der Waals surface area (Å²) >= 11 is 0. The maximum absolute atomic E-state index is 13.0. The molecule has 2 aliphatic rings. The van der Waals surface area contributed by atoms with Crippen molar-refractivity contribution < 1.29 is 32.0 Å². The largest absolute Gasteiger partial charge is 0.471 e. The van der Waals surface area contributed by atoms with Gasteiger partial charge in [-0.15, -0.1) is 0 Å². The summed E-state index contributed by atoms with van der Waals surface area (Å²) in [6.45, 7) is 2.38. The lowest BCUT2D eigenvalue weighted by atomic mass is 10.1. The van der Waals surface area contributed by atoms with Crippen LogP contribution in [0.15, 0.2) is 28.8 Å². The van der Waals surface area contributed by atoms with Gasteiger partial charge in [0.25, 0.3) is 5.91 Å². The summed E-state index contributed by atoms with van der Waals surface area (Å²) in [6.07, 6.45) is -2.92. The van der Waals surface area contributed by atoms with Gasteiger partial charge in [0.15, 0.2) is 0 Å². The first-order chi connectivity index (χ1) is 15.7. The summed E-state index contributed by atoms with van der Waals surface area (Å²) in [5.74, 6) is -1.97. The standard InChI is InChI=1S/C21H24F3N5O4/c1-28-8-2-3-16(28)19(31)29-9-10-32-12-15(29)11-25-18(30)14-6-4-13(5-7-14)17-26-20(33-27-17)21(22,23)24/h4-7,15-16H,2-3,8-12H2,1H3,(H,25,30)/t15-,16?/m0/s1. The molecule has 33 heavy (non-hydrogen) atoms. The van der Waals surface area contributed by atoms with Crippen LogP contribution in [-0.2, 0) is 15.7 Å². The molecule has 2 aliphatic heterocycles. The summed E-state index contributed by atoms with van der Waals surface area (Å²) < 4.78 is 47.6. The van der Waals surface area contributed by atoms with Gasteiger partial charge >= 0.3 is 12.1 Å². The number of hydrogen-bond donors (Lipinski definition) is 1. The molecule has 4 rings (SSSR count). The van der Waals surface area contributed by atoms with Crippen LogP contribution in [0, 0.1) is 0 Å². The molecule has 0 saturated carbocycles. The van der Waals surface area contributed by atoms with E-state index in [1.54, 1.807) is 4.90 Å². The van der Waals surface area contributed by atoms with Gasteiger partial charge in [-0.2, -0.15) is 18.2 Å². The van der Waals surface area contributed by atoms with Crippen molar-refractivity contribution in [2.45, 2.75) is 31.1 Å². The molecule has 0 spiro atoms. The lowest BCUT2D eigenvalue weighted by Gasteiger charge is -2.38. The number of carbonyl (C=O) groups is 2. The number of nitrogens with zero attached hydrogens (tertiary/aromatic N) is 4. The molecule has 2 saturated heterocycles. The van der Waals surface area contributed by atoms with Crippen LogP contribution >= 0.6 is 0 Å². The quantitative estimate of drug-likeness (QED) is 0.716. The van der Waals surface area contributed by atoms with Crippen molar-refractivity contribution in [1.29, 1.82) is 0 Å². The Morgan fingerprint density at radius 1 is 1.21 bits per heavy atom. The fourth-order valence-corrected chi connectivity index (χ4v) is 4.07. The molecule has 2 atom stereocenters. The van der Waals surface area contributed by atoms with E-state index in [0.717, 1.165) is 19.4 Å². The maximum Gasteiger partial charge on any atom is 0.471 e. The summed E-state index contributed by atoms with van der Waals surface area (Å²) in [7, 11) is 1.94. The number of morpholine rings is 1. The van der Waals surface area contributed by atoms with E-state index in [9.17, 15) is 22.8 Å². The van der Waals surface area contributed by atoms with Crippen molar-refractivity contribution >= 4 is 11.8 Å². The number of halogens is 3. The fraction of sp³-hybridized carbons (Fsp3) is 0.524.